The molecule has 0 fully saturated rings. The summed E-state index contributed by atoms with van der Waals surface area (Å²) in [7, 11) is -4.23. The van der Waals surface area contributed by atoms with Gasteiger partial charge in [0.05, 0.1) is 10.6 Å². The molecule has 1 atom stereocenters. The average molecular weight is 681 g/mol. The Balaban J connectivity index is 1.81. The Morgan fingerprint density at radius 2 is 1.50 bits per heavy atom. The molecule has 0 saturated carbocycles. The molecule has 46 heavy (non-hydrogen) atoms. The Labute approximate surface area is 282 Å². The number of sulfonamides is 1. The minimum absolute atomic E-state index is 0.0349. The van der Waals surface area contributed by atoms with Crippen molar-refractivity contribution in [1.29, 1.82) is 0 Å². The summed E-state index contributed by atoms with van der Waals surface area (Å²) in [5.74, 6) is -0.858. The highest BCUT2D eigenvalue weighted by Crippen LogP contribution is 2.31. The molecule has 4 rings (SSSR count). The van der Waals surface area contributed by atoms with Gasteiger partial charge in [-0.2, -0.15) is 0 Å². The monoisotopic (exact) mass is 679 g/mol. The van der Waals surface area contributed by atoms with Crippen LogP contribution in [0, 0.1) is 13.8 Å². The zero-order valence-electron chi connectivity index (χ0n) is 26.2. The van der Waals surface area contributed by atoms with Gasteiger partial charge in [0.2, 0.25) is 11.8 Å². The Hall–Kier alpha value is -3.85. The van der Waals surface area contributed by atoms with Crippen molar-refractivity contribution in [2.75, 3.05) is 17.4 Å². The van der Waals surface area contributed by atoms with Crippen LogP contribution in [0.3, 0.4) is 0 Å². The van der Waals surface area contributed by atoms with Crippen molar-refractivity contribution >= 4 is 50.7 Å². The highest BCUT2D eigenvalue weighted by atomic mass is 35.5. The van der Waals surface area contributed by atoms with E-state index in [9.17, 15) is 18.0 Å². The predicted molar refractivity (Wildman–Crippen MR) is 186 cm³/mol. The van der Waals surface area contributed by atoms with Crippen LogP contribution in [0.25, 0.3) is 0 Å². The number of carbonyl (C=O) groups is 2. The van der Waals surface area contributed by atoms with E-state index in [1.165, 1.54) is 17.0 Å². The predicted octanol–water partition coefficient (Wildman–Crippen LogP) is 7.36. The van der Waals surface area contributed by atoms with Crippen molar-refractivity contribution < 1.29 is 18.0 Å². The maximum atomic E-state index is 14.6. The third-order valence-electron chi connectivity index (χ3n) is 7.76. The SMILES string of the molecule is CCCCNC(=O)[C@H](Cc1ccccc1)N(Cc1ccc(Cl)cc1)C(=O)CN(c1cccc(Cl)c1C)S(=O)(=O)c1ccc(C)cc1. The molecular weight excluding hydrogens is 641 g/mol. The maximum Gasteiger partial charge on any atom is 0.264 e. The van der Waals surface area contributed by atoms with E-state index in [0.717, 1.165) is 33.8 Å². The van der Waals surface area contributed by atoms with Gasteiger partial charge in [-0.15, -0.1) is 0 Å². The van der Waals surface area contributed by atoms with Crippen LogP contribution in [0.2, 0.25) is 10.0 Å². The van der Waals surface area contributed by atoms with Gasteiger partial charge < -0.3 is 10.2 Å². The topological polar surface area (TPSA) is 86.8 Å². The summed E-state index contributed by atoms with van der Waals surface area (Å²) >= 11 is 12.6. The molecule has 4 aromatic rings. The Kier molecular flexibility index (Phi) is 12.3. The standard InChI is InChI=1S/C36H39Cl2N3O4S/c1-4-5-22-39-36(43)34(23-28-10-7-6-8-11-28)40(24-29-16-18-30(37)19-17-29)35(42)25-41(33-13-9-12-32(38)27(33)3)46(44,45)31-20-14-26(2)15-21-31/h6-21,34H,4-5,22-25H2,1-3H3,(H,39,43)/t34-/m0/s1. The van der Waals surface area contributed by atoms with Crippen LogP contribution in [0.4, 0.5) is 5.69 Å². The fourth-order valence-corrected chi connectivity index (χ4v) is 6.83. The molecule has 0 heterocycles. The molecule has 10 heteroatoms. The number of nitrogens with one attached hydrogen (secondary N) is 1. The molecule has 0 bridgehead atoms. The van der Waals surface area contributed by atoms with Gasteiger partial charge >= 0.3 is 0 Å². The van der Waals surface area contributed by atoms with Gasteiger partial charge in [0, 0.05) is 29.6 Å². The second-order valence-corrected chi connectivity index (χ2v) is 13.9. The van der Waals surface area contributed by atoms with Crippen LogP contribution in [-0.4, -0.2) is 44.3 Å². The van der Waals surface area contributed by atoms with Gasteiger partial charge in [-0.3, -0.25) is 13.9 Å². The van der Waals surface area contributed by atoms with Crippen LogP contribution < -0.4 is 9.62 Å². The van der Waals surface area contributed by atoms with E-state index in [4.69, 9.17) is 23.2 Å². The molecule has 2 amide bonds. The van der Waals surface area contributed by atoms with Crippen LogP contribution in [0.15, 0.2) is 102 Å². The van der Waals surface area contributed by atoms with Crippen molar-refractivity contribution in [3.05, 3.63) is 129 Å². The first-order valence-electron chi connectivity index (χ1n) is 15.2. The number of aryl methyl sites for hydroxylation is 1. The molecule has 0 spiro atoms. The van der Waals surface area contributed by atoms with Gasteiger partial charge in [0.15, 0.2) is 0 Å². The average Bonchev–Trinajstić information content (AvgIpc) is 3.04. The number of halogens is 2. The van der Waals surface area contributed by atoms with Crippen LogP contribution in [0.5, 0.6) is 0 Å². The van der Waals surface area contributed by atoms with Gasteiger partial charge in [0.1, 0.15) is 12.6 Å². The van der Waals surface area contributed by atoms with Crippen molar-refractivity contribution in [2.24, 2.45) is 0 Å². The number of unbranched alkanes of at least 4 members (excludes halogenated alkanes) is 1. The smallest absolute Gasteiger partial charge is 0.264 e. The summed E-state index contributed by atoms with van der Waals surface area (Å²) in [5, 5.41) is 3.89. The molecule has 7 nitrogen and oxygen atoms in total. The molecule has 4 aromatic carbocycles. The fraction of sp³-hybridized carbons (Fsp3) is 0.278. The summed E-state index contributed by atoms with van der Waals surface area (Å²) in [6.07, 6.45) is 1.91. The summed E-state index contributed by atoms with van der Waals surface area (Å²) in [6.45, 7) is 5.57. The Bertz CT molecular complexity index is 1730. The normalized spacial score (nSPS) is 11.9. The lowest BCUT2D eigenvalue weighted by atomic mass is 10.0. The minimum Gasteiger partial charge on any atom is -0.354 e. The maximum absolute atomic E-state index is 14.6. The minimum atomic E-state index is -4.23. The lowest BCUT2D eigenvalue weighted by Crippen LogP contribution is -2.53. The van der Waals surface area contributed by atoms with E-state index < -0.39 is 28.5 Å². The second kappa shape index (κ2) is 16.1. The van der Waals surface area contributed by atoms with E-state index in [-0.39, 0.29) is 29.5 Å². The van der Waals surface area contributed by atoms with Gasteiger partial charge in [-0.25, -0.2) is 8.42 Å². The third kappa shape index (κ3) is 8.90. The van der Waals surface area contributed by atoms with Crippen LogP contribution >= 0.6 is 23.2 Å². The lowest BCUT2D eigenvalue weighted by molar-refractivity contribution is -0.140. The first-order valence-corrected chi connectivity index (χ1v) is 17.4. The van der Waals surface area contributed by atoms with E-state index in [0.29, 0.717) is 22.2 Å². The Morgan fingerprint density at radius 1 is 0.826 bits per heavy atom. The van der Waals surface area contributed by atoms with E-state index in [1.807, 2.05) is 44.2 Å². The van der Waals surface area contributed by atoms with Crippen molar-refractivity contribution in [2.45, 2.75) is 57.5 Å². The molecule has 0 saturated heterocycles. The summed E-state index contributed by atoms with van der Waals surface area (Å²) in [4.78, 5) is 29.9. The first kappa shape index (κ1) is 35.0. The van der Waals surface area contributed by atoms with Crippen molar-refractivity contribution in [3.8, 4) is 0 Å². The second-order valence-electron chi connectivity index (χ2n) is 11.2. The molecule has 0 radical (unpaired) electrons. The lowest BCUT2D eigenvalue weighted by Gasteiger charge is -2.34. The number of benzene rings is 4. The molecule has 0 aromatic heterocycles. The number of hydrogen-bond acceptors (Lipinski definition) is 4. The summed E-state index contributed by atoms with van der Waals surface area (Å²) in [5.41, 5.74) is 3.29. The number of carbonyl (C=O) groups excluding carboxylic acids is 2. The number of anilines is 1. The summed E-state index contributed by atoms with van der Waals surface area (Å²) in [6, 6.07) is 27.0. The number of rotatable bonds is 14. The van der Waals surface area contributed by atoms with Crippen LogP contribution in [0.1, 0.15) is 42.0 Å². The van der Waals surface area contributed by atoms with E-state index in [2.05, 4.69) is 5.32 Å². The number of hydrogen-bond donors (Lipinski definition) is 1. The number of nitrogens with zero attached hydrogens (tertiary/aromatic N) is 2. The quantitative estimate of drug-likeness (QED) is 0.141. The highest BCUT2D eigenvalue weighted by molar-refractivity contribution is 7.92. The van der Waals surface area contributed by atoms with E-state index in [1.54, 1.807) is 61.5 Å². The largest absolute Gasteiger partial charge is 0.354 e. The van der Waals surface area contributed by atoms with Crippen molar-refractivity contribution in [3.63, 3.8) is 0 Å². The Morgan fingerprint density at radius 3 is 2.15 bits per heavy atom. The van der Waals surface area contributed by atoms with Crippen LogP contribution in [-0.2, 0) is 32.6 Å². The van der Waals surface area contributed by atoms with Gasteiger partial charge in [0.25, 0.3) is 10.0 Å². The zero-order chi connectivity index (χ0) is 33.3. The third-order valence-corrected chi connectivity index (χ3v) is 10.2. The van der Waals surface area contributed by atoms with Crippen molar-refractivity contribution in [1.82, 2.24) is 10.2 Å². The molecule has 0 aliphatic rings. The molecule has 242 valence electrons. The molecular formula is C36H39Cl2N3O4S. The molecule has 0 aliphatic heterocycles. The van der Waals surface area contributed by atoms with E-state index >= 15 is 0 Å². The molecule has 0 aliphatic carbocycles. The zero-order valence-corrected chi connectivity index (χ0v) is 28.6. The molecule has 0 unspecified atom stereocenters. The highest BCUT2D eigenvalue weighted by Gasteiger charge is 2.35. The first-order chi connectivity index (χ1) is 22.0. The van der Waals surface area contributed by atoms with Gasteiger partial charge in [-0.05, 0) is 73.4 Å². The summed E-state index contributed by atoms with van der Waals surface area (Å²) < 4.78 is 29.6. The van der Waals surface area contributed by atoms with Gasteiger partial charge in [-0.1, -0.05) is 103 Å². The fourth-order valence-electron chi connectivity index (χ4n) is 5.06. The number of amides is 2. The molecule has 1 N–H and O–H groups in total.